The number of hydrogen-bond donors (Lipinski definition) is 1. The van der Waals surface area contributed by atoms with Gasteiger partial charge in [-0.2, -0.15) is 23.7 Å². The number of halogens is 2. The molecular weight excluding hydrogens is 398 g/mol. The minimum absolute atomic E-state index is 0.173. The third kappa shape index (κ3) is 4.86. The number of benzene rings is 2. The van der Waals surface area contributed by atoms with Crippen LogP contribution in [0.2, 0.25) is 0 Å². The number of nitrogens with zero attached hydrogens (tertiary/aromatic N) is 3. The molecule has 0 aliphatic heterocycles. The highest BCUT2D eigenvalue weighted by molar-refractivity contribution is 7.71. The van der Waals surface area contributed by atoms with Gasteiger partial charge in [-0.15, -0.1) is 0 Å². The maximum Gasteiger partial charge on any atom is 0.387 e. The summed E-state index contributed by atoms with van der Waals surface area (Å²) in [4.78, 5) is 0. The topological polar surface area (TPSA) is 64.4 Å². The first-order valence-electron chi connectivity index (χ1n) is 8.90. The van der Waals surface area contributed by atoms with Crippen molar-refractivity contribution in [2.24, 2.45) is 5.10 Å². The van der Waals surface area contributed by atoms with E-state index in [4.69, 9.17) is 17.0 Å². The minimum atomic E-state index is -2.87. The lowest BCUT2D eigenvalue weighted by molar-refractivity contribution is -0.0507. The van der Waals surface area contributed by atoms with Gasteiger partial charge in [-0.25, -0.2) is 5.10 Å². The zero-order valence-electron chi connectivity index (χ0n) is 16.1. The SMILES string of the molecule is CCOc1ccc(-c2n[nH]c(=S)n2/N=C\c2cc(C)c(OC(F)F)c(C)c2)cc1. The van der Waals surface area contributed by atoms with Crippen molar-refractivity contribution in [2.75, 3.05) is 6.61 Å². The Morgan fingerprint density at radius 1 is 1.21 bits per heavy atom. The Hall–Kier alpha value is -3.07. The molecule has 0 saturated heterocycles. The average Bonchev–Trinajstić information content (AvgIpc) is 3.04. The Balaban J connectivity index is 1.90. The number of alkyl halides is 2. The molecule has 0 spiro atoms. The first-order valence-corrected chi connectivity index (χ1v) is 9.31. The molecule has 0 aliphatic carbocycles. The number of ether oxygens (including phenoxy) is 2. The number of rotatable bonds is 7. The number of aromatic amines is 1. The van der Waals surface area contributed by atoms with Gasteiger partial charge in [0.05, 0.1) is 12.8 Å². The quantitative estimate of drug-likeness (QED) is 0.428. The van der Waals surface area contributed by atoms with E-state index < -0.39 is 6.61 Å². The van der Waals surface area contributed by atoms with E-state index in [-0.39, 0.29) is 5.75 Å². The standard InChI is InChI=1S/C20H20F2N4O2S/c1-4-27-16-7-5-15(6-8-16)18-24-25-20(29)26(18)23-11-14-9-12(2)17(13(3)10-14)28-19(21)22/h5-11,19H,4H2,1-3H3,(H,25,29)/b23-11-. The molecule has 1 aromatic heterocycles. The van der Waals surface area contributed by atoms with Crippen LogP contribution in [0.1, 0.15) is 23.6 Å². The van der Waals surface area contributed by atoms with Crippen molar-refractivity contribution in [1.29, 1.82) is 0 Å². The summed E-state index contributed by atoms with van der Waals surface area (Å²) < 4.78 is 37.0. The summed E-state index contributed by atoms with van der Waals surface area (Å²) in [7, 11) is 0. The van der Waals surface area contributed by atoms with Crippen LogP contribution in [0.25, 0.3) is 11.4 Å². The smallest absolute Gasteiger partial charge is 0.387 e. The van der Waals surface area contributed by atoms with E-state index in [0.717, 1.165) is 16.9 Å². The molecule has 152 valence electrons. The zero-order valence-corrected chi connectivity index (χ0v) is 17.0. The summed E-state index contributed by atoms with van der Waals surface area (Å²) in [6, 6.07) is 10.9. The lowest BCUT2D eigenvalue weighted by Gasteiger charge is -2.11. The average molecular weight is 418 g/mol. The van der Waals surface area contributed by atoms with E-state index in [1.807, 2.05) is 31.2 Å². The van der Waals surface area contributed by atoms with Crippen LogP contribution in [0.5, 0.6) is 11.5 Å². The highest BCUT2D eigenvalue weighted by Gasteiger charge is 2.12. The molecular formula is C20H20F2N4O2S. The van der Waals surface area contributed by atoms with Gasteiger partial charge in [0.15, 0.2) is 5.82 Å². The third-order valence-electron chi connectivity index (χ3n) is 4.09. The summed E-state index contributed by atoms with van der Waals surface area (Å²) in [5.74, 6) is 1.48. The van der Waals surface area contributed by atoms with Crippen molar-refractivity contribution in [3.05, 3.63) is 57.9 Å². The molecule has 2 aromatic carbocycles. The van der Waals surface area contributed by atoms with Crippen LogP contribution in [0.3, 0.4) is 0 Å². The molecule has 0 unspecified atom stereocenters. The van der Waals surface area contributed by atoms with Crippen LogP contribution in [0.4, 0.5) is 8.78 Å². The molecule has 0 saturated carbocycles. The molecule has 0 amide bonds. The van der Waals surface area contributed by atoms with Crippen LogP contribution < -0.4 is 9.47 Å². The van der Waals surface area contributed by atoms with E-state index in [1.54, 1.807) is 32.2 Å². The van der Waals surface area contributed by atoms with Crippen LogP contribution >= 0.6 is 12.2 Å². The summed E-state index contributed by atoms with van der Waals surface area (Å²) in [6.07, 6.45) is 1.59. The van der Waals surface area contributed by atoms with Gasteiger partial charge in [0, 0.05) is 5.56 Å². The molecule has 1 N–H and O–H groups in total. The maximum absolute atomic E-state index is 12.6. The molecule has 6 nitrogen and oxygen atoms in total. The number of aromatic nitrogens is 3. The Morgan fingerprint density at radius 2 is 1.86 bits per heavy atom. The molecule has 0 fully saturated rings. The second-order valence-corrected chi connectivity index (χ2v) is 6.62. The first kappa shape index (κ1) is 20.7. The number of hydrogen-bond acceptors (Lipinski definition) is 5. The monoisotopic (exact) mass is 418 g/mol. The van der Waals surface area contributed by atoms with Crippen LogP contribution in [0.15, 0.2) is 41.5 Å². The summed E-state index contributed by atoms with van der Waals surface area (Å²) >= 11 is 5.28. The minimum Gasteiger partial charge on any atom is -0.494 e. The molecule has 0 aliphatic rings. The van der Waals surface area contributed by atoms with Crippen molar-refractivity contribution in [1.82, 2.24) is 14.9 Å². The normalized spacial score (nSPS) is 11.4. The number of H-pyrrole nitrogens is 1. The number of aryl methyl sites for hydroxylation is 2. The highest BCUT2D eigenvalue weighted by atomic mass is 32.1. The summed E-state index contributed by atoms with van der Waals surface area (Å²) in [5, 5.41) is 11.4. The Bertz CT molecular complexity index is 1050. The van der Waals surface area contributed by atoms with Gasteiger partial charge in [0.1, 0.15) is 11.5 Å². The lowest BCUT2D eigenvalue weighted by Crippen LogP contribution is -2.05. The predicted octanol–water partition coefficient (Wildman–Crippen LogP) is 5.11. The second-order valence-electron chi connectivity index (χ2n) is 6.23. The summed E-state index contributed by atoms with van der Waals surface area (Å²) in [5.41, 5.74) is 2.72. The molecule has 3 aromatic rings. The Kier molecular flexibility index (Phi) is 6.38. The van der Waals surface area contributed by atoms with Gasteiger partial charge < -0.3 is 9.47 Å². The van der Waals surface area contributed by atoms with Crippen LogP contribution in [-0.2, 0) is 0 Å². The van der Waals surface area contributed by atoms with E-state index in [0.29, 0.717) is 28.3 Å². The van der Waals surface area contributed by atoms with Gasteiger partial charge in [-0.1, -0.05) is 0 Å². The van der Waals surface area contributed by atoms with Crippen molar-refractivity contribution < 1.29 is 18.3 Å². The molecule has 0 atom stereocenters. The Morgan fingerprint density at radius 3 is 2.45 bits per heavy atom. The largest absolute Gasteiger partial charge is 0.494 e. The fourth-order valence-corrected chi connectivity index (χ4v) is 3.09. The highest BCUT2D eigenvalue weighted by Crippen LogP contribution is 2.26. The molecule has 29 heavy (non-hydrogen) atoms. The van der Waals surface area contributed by atoms with Crippen molar-refractivity contribution in [3.8, 4) is 22.9 Å². The van der Waals surface area contributed by atoms with Crippen molar-refractivity contribution in [2.45, 2.75) is 27.4 Å². The molecule has 0 radical (unpaired) electrons. The van der Waals surface area contributed by atoms with Crippen molar-refractivity contribution >= 4 is 18.4 Å². The fraction of sp³-hybridized carbons (Fsp3) is 0.250. The lowest BCUT2D eigenvalue weighted by atomic mass is 10.1. The van der Waals surface area contributed by atoms with Crippen LogP contribution in [0, 0.1) is 18.6 Å². The molecule has 9 heteroatoms. The van der Waals surface area contributed by atoms with Gasteiger partial charge >= 0.3 is 6.61 Å². The predicted molar refractivity (Wildman–Crippen MR) is 110 cm³/mol. The van der Waals surface area contributed by atoms with E-state index in [9.17, 15) is 8.78 Å². The summed E-state index contributed by atoms with van der Waals surface area (Å²) in [6.45, 7) is 3.05. The molecule has 1 heterocycles. The molecule has 3 rings (SSSR count). The van der Waals surface area contributed by atoms with E-state index >= 15 is 0 Å². The van der Waals surface area contributed by atoms with Crippen LogP contribution in [-0.4, -0.2) is 34.3 Å². The molecule has 0 bridgehead atoms. The number of nitrogens with one attached hydrogen (secondary N) is 1. The van der Waals surface area contributed by atoms with Gasteiger partial charge in [0.25, 0.3) is 0 Å². The third-order valence-corrected chi connectivity index (χ3v) is 4.35. The van der Waals surface area contributed by atoms with Gasteiger partial charge in [-0.05, 0) is 86.1 Å². The first-order chi connectivity index (χ1) is 13.9. The van der Waals surface area contributed by atoms with Crippen molar-refractivity contribution in [3.63, 3.8) is 0 Å². The van der Waals surface area contributed by atoms with Gasteiger partial charge in [-0.3, -0.25) is 0 Å². The maximum atomic E-state index is 12.6. The second kappa shape index (κ2) is 8.95. The van der Waals surface area contributed by atoms with Gasteiger partial charge in [0.2, 0.25) is 4.77 Å². The zero-order chi connectivity index (χ0) is 21.0. The fourth-order valence-electron chi connectivity index (χ4n) is 2.91. The van der Waals surface area contributed by atoms with E-state index in [2.05, 4.69) is 20.0 Å². The Labute approximate surface area is 171 Å². The van der Waals surface area contributed by atoms with E-state index in [1.165, 1.54) is 4.68 Å².